The molecule has 21 heavy (non-hydrogen) atoms. The number of fused-ring (bicyclic) bond motifs is 3. The fourth-order valence-electron chi connectivity index (χ4n) is 2.25. The SMILES string of the molecule is O=[N+]([O-])c1ccccc1-c1nc2ccc3[nH]snc3c2n1. The lowest BCUT2D eigenvalue weighted by atomic mass is 10.2. The zero-order valence-electron chi connectivity index (χ0n) is 10.5. The minimum Gasteiger partial charge on any atom is -0.293 e. The average Bonchev–Trinajstić information content (AvgIpc) is 3.12. The van der Waals surface area contributed by atoms with Crippen LogP contribution in [0.5, 0.6) is 0 Å². The van der Waals surface area contributed by atoms with E-state index in [1.807, 2.05) is 12.1 Å². The molecule has 8 heteroatoms. The van der Waals surface area contributed by atoms with Crippen molar-refractivity contribution in [2.45, 2.75) is 0 Å². The number of nitrogens with zero attached hydrogens (tertiary/aromatic N) is 4. The first-order valence-corrected chi connectivity index (χ1v) is 6.85. The number of aromatic nitrogens is 4. The molecular weight excluding hydrogens is 290 g/mol. The van der Waals surface area contributed by atoms with Gasteiger partial charge in [-0.25, -0.2) is 9.97 Å². The molecular formula is C13H7N5O2S. The van der Waals surface area contributed by atoms with Crippen molar-refractivity contribution in [2.24, 2.45) is 0 Å². The summed E-state index contributed by atoms with van der Waals surface area (Å²) in [5, 5.41) is 11.1. The summed E-state index contributed by atoms with van der Waals surface area (Å²) < 4.78 is 7.31. The van der Waals surface area contributed by atoms with Crippen LogP contribution in [0.25, 0.3) is 33.5 Å². The Labute approximate surface area is 121 Å². The van der Waals surface area contributed by atoms with Crippen LogP contribution in [-0.2, 0) is 0 Å². The first-order chi connectivity index (χ1) is 10.2. The number of para-hydroxylation sites is 1. The van der Waals surface area contributed by atoms with Crippen molar-refractivity contribution in [2.75, 3.05) is 0 Å². The van der Waals surface area contributed by atoms with Crippen LogP contribution in [0.1, 0.15) is 0 Å². The second kappa shape index (κ2) is 4.32. The molecule has 4 rings (SSSR count). The van der Waals surface area contributed by atoms with Crippen LogP contribution in [0.15, 0.2) is 36.4 Å². The monoisotopic (exact) mass is 297 g/mol. The van der Waals surface area contributed by atoms with Gasteiger partial charge in [-0.3, -0.25) is 14.5 Å². The molecule has 7 nitrogen and oxygen atoms in total. The topological polar surface area (TPSA) is 97.6 Å². The molecule has 102 valence electrons. The fourth-order valence-corrected chi connectivity index (χ4v) is 2.83. The Bertz CT molecular complexity index is 990. The van der Waals surface area contributed by atoms with Crippen LogP contribution in [0.2, 0.25) is 0 Å². The molecule has 2 aromatic heterocycles. The number of hydrogen-bond acceptors (Lipinski definition) is 6. The number of nitro groups is 1. The average molecular weight is 297 g/mol. The van der Waals surface area contributed by atoms with Crippen LogP contribution < -0.4 is 0 Å². The predicted octanol–water partition coefficient (Wildman–Crippen LogP) is 3.14. The Kier molecular flexibility index (Phi) is 2.45. The van der Waals surface area contributed by atoms with E-state index < -0.39 is 4.92 Å². The van der Waals surface area contributed by atoms with Crippen molar-refractivity contribution in [1.82, 2.24) is 18.7 Å². The molecule has 0 bridgehead atoms. The molecule has 0 spiro atoms. The van der Waals surface area contributed by atoms with Gasteiger partial charge in [0.1, 0.15) is 11.0 Å². The van der Waals surface area contributed by atoms with E-state index in [-0.39, 0.29) is 5.69 Å². The Balaban J connectivity index is 2.01. The summed E-state index contributed by atoms with van der Waals surface area (Å²) in [5.41, 5.74) is 3.34. The van der Waals surface area contributed by atoms with Gasteiger partial charge in [0.15, 0.2) is 5.82 Å². The highest BCUT2D eigenvalue weighted by Crippen LogP contribution is 2.30. The maximum Gasteiger partial charge on any atom is 0.280 e. The van der Waals surface area contributed by atoms with E-state index >= 15 is 0 Å². The van der Waals surface area contributed by atoms with Crippen LogP contribution in [0, 0.1) is 10.1 Å². The Morgan fingerprint density at radius 1 is 1.10 bits per heavy atom. The molecule has 0 aliphatic heterocycles. The lowest BCUT2D eigenvalue weighted by Gasteiger charge is -1.97. The van der Waals surface area contributed by atoms with Gasteiger partial charge in [-0.05, 0) is 18.2 Å². The molecule has 1 N–H and O–H groups in total. The quantitative estimate of drug-likeness (QED) is 0.452. The summed E-state index contributed by atoms with van der Waals surface area (Å²) in [7, 11) is 0. The van der Waals surface area contributed by atoms with E-state index in [0.29, 0.717) is 22.4 Å². The maximum atomic E-state index is 11.1. The molecule has 0 saturated carbocycles. The number of nitrogens with one attached hydrogen (secondary N) is 1. The molecule has 0 aliphatic carbocycles. The first kappa shape index (κ1) is 11.9. The normalized spacial score (nSPS) is 11.2. The zero-order valence-corrected chi connectivity index (χ0v) is 11.3. The number of imidazole rings is 1. The molecule has 0 saturated heterocycles. The summed E-state index contributed by atoms with van der Waals surface area (Å²) in [6, 6.07) is 10.2. The highest BCUT2D eigenvalue weighted by molar-refractivity contribution is 7.00. The van der Waals surface area contributed by atoms with Gasteiger partial charge in [-0.15, -0.1) is 0 Å². The lowest BCUT2D eigenvalue weighted by Crippen LogP contribution is -1.92. The molecule has 0 aliphatic rings. The van der Waals surface area contributed by atoms with Gasteiger partial charge in [-0.2, -0.15) is 4.37 Å². The molecule has 0 radical (unpaired) electrons. The number of rotatable bonds is 2. The van der Waals surface area contributed by atoms with Gasteiger partial charge in [0, 0.05) is 17.8 Å². The standard InChI is InChI=1S/C13H7N5O2S/c19-18(20)10-4-2-1-3-7(10)13-14-8-5-6-9-12(11(8)15-13)17-21-16-9/h1-6,16H. The number of nitro benzene ring substituents is 1. The Morgan fingerprint density at radius 2 is 1.95 bits per heavy atom. The Hall–Kier alpha value is -2.87. The molecule has 0 amide bonds. The van der Waals surface area contributed by atoms with Crippen molar-refractivity contribution in [3.8, 4) is 11.4 Å². The smallest absolute Gasteiger partial charge is 0.280 e. The number of aromatic amines is 1. The van der Waals surface area contributed by atoms with Gasteiger partial charge in [0.05, 0.1) is 21.5 Å². The van der Waals surface area contributed by atoms with E-state index in [4.69, 9.17) is 0 Å². The number of H-pyrrole nitrogens is 1. The third kappa shape index (κ3) is 1.77. The predicted molar refractivity (Wildman–Crippen MR) is 79.2 cm³/mol. The number of benzene rings is 2. The van der Waals surface area contributed by atoms with Crippen molar-refractivity contribution in [1.29, 1.82) is 0 Å². The van der Waals surface area contributed by atoms with Crippen LogP contribution in [0.3, 0.4) is 0 Å². The van der Waals surface area contributed by atoms with Crippen molar-refractivity contribution in [3.05, 3.63) is 46.5 Å². The lowest BCUT2D eigenvalue weighted by molar-refractivity contribution is -0.384. The third-order valence-electron chi connectivity index (χ3n) is 3.21. The summed E-state index contributed by atoms with van der Waals surface area (Å²) in [6.07, 6.45) is 0. The van der Waals surface area contributed by atoms with Gasteiger partial charge in [-0.1, -0.05) is 12.1 Å². The summed E-state index contributed by atoms with van der Waals surface area (Å²) in [4.78, 5) is 19.5. The van der Waals surface area contributed by atoms with E-state index in [9.17, 15) is 10.1 Å². The Morgan fingerprint density at radius 3 is 2.81 bits per heavy atom. The van der Waals surface area contributed by atoms with Gasteiger partial charge < -0.3 is 0 Å². The van der Waals surface area contributed by atoms with Crippen molar-refractivity contribution in [3.63, 3.8) is 0 Å². The minimum atomic E-state index is -0.428. The molecule has 0 fully saturated rings. The summed E-state index contributed by atoms with van der Waals surface area (Å²) in [6.45, 7) is 0. The van der Waals surface area contributed by atoms with Gasteiger partial charge >= 0.3 is 0 Å². The van der Waals surface area contributed by atoms with Crippen LogP contribution >= 0.6 is 11.7 Å². The molecule has 4 aromatic rings. The molecule has 0 unspecified atom stereocenters. The van der Waals surface area contributed by atoms with Gasteiger partial charge in [0.2, 0.25) is 0 Å². The zero-order chi connectivity index (χ0) is 14.4. The van der Waals surface area contributed by atoms with Gasteiger partial charge in [0.25, 0.3) is 5.69 Å². The second-order valence-corrected chi connectivity index (χ2v) is 5.00. The van der Waals surface area contributed by atoms with E-state index in [1.165, 1.54) is 17.8 Å². The highest BCUT2D eigenvalue weighted by atomic mass is 32.1. The molecule has 0 atom stereocenters. The van der Waals surface area contributed by atoms with Crippen LogP contribution in [0.4, 0.5) is 5.69 Å². The summed E-state index contributed by atoms with van der Waals surface area (Å²) >= 11 is 1.23. The van der Waals surface area contributed by atoms with E-state index in [2.05, 4.69) is 18.7 Å². The maximum absolute atomic E-state index is 11.1. The second-order valence-electron chi connectivity index (χ2n) is 4.44. The highest BCUT2D eigenvalue weighted by Gasteiger charge is 2.19. The van der Waals surface area contributed by atoms with Crippen LogP contribution in [-0.4, -0.2) is 23.6 Å². The molecule has 2 aromatic carbocycles. The largest absolute Gasteiger partial charge is 0.293 e. The summed E-state index contributed by atoms with van der Waals surface area (Å²) in [5.74, 6) is 0.345. The van der Waals surface area contributed by atoms with E-state index in [0.717, 1.165) is 11.0 Å². The third-order valence-corrected chi connectivity index (χ3v) is 3.79. The number of hydrogen-bond donors (Lipinski definition) is 1. The fraction of sp³-hybridized carbons (Fsp3) is 0. The first-order valence-electron chi connectivity index (χ1n) is 6.08. The van der Waals surface area contributed by atoms with E-state index in [1.54, 1.807) is 18.2 Å². The molecule has 2 heterocycles. The van der Waals surface area contributed by atoms with Crippen molar-refractivity contribution < 1.29 is 4.92 Å². The minimum absolute atomic E-state index is 0.00566. The van der Waals surface area contributed by atoms with Crippen molar-refractivity contribution >= 4 is 39.5 Å².